The van der Waals surface area contributed by atoms with Crippen LogP contribution >= 0.6 is 34.8 Å². The van der Waals surface area contributed by atoms with Crippen molar-refractivity contribution in [1.29, 1.82) is 0 Å². The molecule has 1 aliphatic heterocycles. The fourth-order valence-corrected chi connectivity index (χ4v) is 3.44. The van der Waals surface area contributed by atoms with Crippen LogP contribution in [0.15, 0.2) is 47.6 Å². The molecule has 1 N–H and O–H groups in total. The van der Waals surface area contributed by atoms with Crippen LogP contribution < -0.4 is 10.3 Å². The van der Waals surface area contributed by atoms with E-state index in [2.05, 4.69) is 10.4 Å². The van der Waals surface area contributed by atoms with E-state index in [-0.39, 0.29) is 11.9 Å². The predicted molar refractivity (Wildman–Crippen MR) is 108 cm³/mol. The lowest BCUT2D eigenvalue weighted by molar-refractivity contribution is -0.114. The van der Waals surface area contributed by atoms with Crippen molar-refractivity contribution in [1.82, 2.24) is 5.32 Å². The fourth-order valence-electron chi connectivity index (χ4n) is 2.82. The van der Waals surface area contributed by atoms with Crippen LogP contribution in [0, 0.1) is 0 Å². The largest absolute Gasteiger partial charge is 0.351 e. The molecule has 2 aromatic rings. The van der Waals surface area contributed by atoms with Crippen molar-refractivity contribution in [2.45, 2.75) is 25.8 Å². The van der Waals surface area contributed by atoms with Gasteiger partial charge in [0.1, 0.15) is 5.71 Å². The van der Waals surface area contributed by atoms with Crippen LogP contribution in [0.1, 0.15) is 31.4 Å². The molecular weight excluding hydrogens is 393 g/mol. The maximum Gasteiger partial charge on any atom is 0.267 e. The number of hydrogen-bond donors (Lipinski definition) is 1. The Morgan fingerprint density at radius 1 is 1.15 bits per heavy atom. The highest BCUT2D eigenvalue weighted by Gasteiger charge is 2.33. The van der Waals surface area contributed by atoms with E-state index in [9.17, 15) is 4.79 Å². The lowest BCUT2D eigenvalue weighted by Crippen LogP contribution is -2.30. The Bertz CT molecular complexity index is 836. The van der Waals surface area contributed by atoms with Gasteiger partial charge >= 0.3 is 0 Å². The van der Waals surface area contributed by atoms with Gasteiger partial charge in [0.2, 0.25) is 0 Å². The van der Waals surface area contributed by atoms with Gasteiger partial charge in [-0.2, -0.15) is 5.10 Å². The number of hydrogen-bond acceptors (Lipinski definition) is 3. The average molecular weight is 411 g/mol. The maximum absolute atomic E-state index is 12.4. The molecule has 0 bridgehead atoms. The van der Waals surface area contributed by atoms with Crippen LogP contribution in [-0.2, 0) is 4.79 Å². The predicted octanol–water partition coefficient (Wildman–Crippen LogP) is 5.48. The van der Waals surface area contributed by atoms with Crippen molar-refractivity contribution in [2.24, 2.45) is 5.10 Å². The molecule has 3 rings (SSSR count). The zero-order valence-electron chi connectivity index (χ0n) is 14.2. The van der Waals surface area contributed by atoms with E-state index in [1.54, 1.807) is 17.1 Å². The van der Waals surface area contributed by atoms with Crippen molar-refractivity contribution in [3.8, 4) is 0 Å². The van der Waals surface area contributed by atoms with Gasteiger partial charge in [-0.25, -0.2) is 0 Å². The van der Waals surface area contributed by atoms with E-state index in [4.69, 9.17) is 34.8 Å². The van der Waals surface area contributed by atoms with Crippen LogP contribution in [0.3, 0.4) is 0 Å². The van der Waals surface area contributed by atoms with Crippen LogP contribution in [0.5, 0.6) is 0 Å². The first-order chi connectivity index (χ1) is 12.5. The second-order valence-electron chi connectivity index (χ2n) is 6.01. The number of nitrogens with one attached hydrogen (secondary N) is 1. The Morgan fingerprint density at radius 3 is 2.50 bits per heavy atom. The Balaban J connectivity index is 1.97. The Labute approximate surface area is 167 Å². The third-order valence-electron chi connectivity index (χ3n) is 4.12. The number of nitrogens with zero attached hydrogens (tertiary/aromatic N) is 2. The molecule has 0 saturated heterocycles. The summed E-state index contributed by atoms with van der Waals surface area (Å²) in [4.78, 5) is 12.4. The van der Waals surface area contributed by atoms with Gasteiger partial charge in [-0.15, -0.1) is 0 Å². The van der Waals surface area contributed by atoms with E-state index < -0.39 is 0 Å². The number of carbonyl (C=O) groups is 1. The molecule has 0 spiro atoms. The standard InChI is InChI=1S/C19H18Cl3N3O/c1-2-9-23-19(26)16-11-18(12-3-5-13(20)6-4-12)25(24-16)17-8-7-14(21)10-15(17)22/h3-8,10,18H,2,9,11H2,1H3,(H,23,26). The summed E-state index contributed by atoms with van der Waals surface area (Å²) in [7, 11) is 0. The number of rotatable bonds is 5. The minimum atomic E-state index is -0.154. The molecule has 4 nitrogen and oxygen atoms in total. The molecule has 7 heteroatoms. The minimum absolute atomic E-state index is 0.145. The first kappa shape index (κ1) is 19.0. The summed E-state index contributed by atoms with van der Waals surface area (Å²) in [5.74, 6) is -0.154. The first-order valence-corrected chi connectivity index (χ1v) is 9.48. The Kier molecular flexibility index (Phi) is 6.07. The number of carbonyl (C=O) groups excluding carboxylic acids is 1. The molecule has 1 atom stereocenters. The highest BCUT2D eigenvalue weighted by atomic mass is 35.5. The highest BCUT2D eigenvalue weighted by Crippen LogP contribution is 2.39. The van der Waals surface area contributed by atoms with Crippen molar-refractivity contribution in [2.75, 3.05) is 11.6 Å². The molecule has 0 saturated carbocycles. The molecule has 0 aromatic heterocycles. The Morgan fingerprint density at radius 2 is 1.85 bits per heavy atom. The van der Waals surface area contributed by atoms with Crippen LogP contribution in [-0.4, -0.2) is 18.2 Å². The van der Waals surface area contributed by atoms with E-state index >= 15 is 0 Å². The molecular formula is C19H18Cl3N3O. The van der Waals surface area contributed by atoms with Gasteiger partial charge in [0.05, 0.1) is 16.8 Å². The Hall–Kier alpha value is -1.75. The first-order valence-electron chi connectivity index (χ1n) is 8.35. The third kappa shape index (κ3) is 4.14. The minimum Gasteiger partial charge on any atom is -0.351 e. The van der Waals surface area contributed by atoms with E-state index in [0.29, 0.717) is 39.4 Å². The summed E-state index contributed by atoms with van der Waals surface area (Å²) in [5, 5.41) is 10.9. The van der Waals surface area contributed by atoms with Crippen molar-refractivity contribution < 1.29 is 4.79 Å². The molecule has 1 aliphatic rings. The van der Waals surface area contributed by atoms with E-state index in [1.165, 1.54) is 0 Å². The van der Waals surface area contributed by atoms with Gasteiger partial charge in [-0.3, -0.25) is 9.80 Å². The molecule has 26 heavy (non-hydrogen) atoms. The van der Waals surface area contributed by atoms with Gasteiger partial charge in [-0.05, 0) is 42.3 Å². The molecule has 1 unspecified atom stereocenters. The molecule has 0 aliphatic carbocycles. The lowest BCUT2D eigenvalue weighted by atomic mass is 10.0. The molecule has 0 radical (unpaired) electrons. The number of anilines is 1. The number of hydrazone groups is 1. The summed E-state index contributed by atoms with van der Waals surface area (Å²) >= 11 is 18.4. The van der Waals surface area contributed by atoms with Crippen LogP contribution in [0.2, 0.25) is 15.1 Å². The summed E-state index contributed by atoms with van der Waals surface area (Å²) < 4.78 is 0. The van der Waals surface area contributed by atoms with Gasteiger partial charge in [0, 0.05) is 23.0 Å². The molecule has 2 aromatic carbocycles. The number of halogens is 3. The van der Waals surface area contributed by atoms with E-state index in [0.717, 1.165) is 12.0 Å². The van der Waals surface area contributed by atoms with Crippen molar-refractivity contribution >= 4 is 52.1 Å². The smallest absolute Gasteiger partial charge is 0.267 e. The zero-order chi connectivity index (χ0) is 18.7. The monoisotopic (exact) mass is 409 g/mol. The third-order valence-corrected chi connectivity index (χ3v) is 4.91. The van der Waals surface area contributed by atoms with Gasteiger partial charge in [0.25, 0.3) is 5.91 Å². The summed E-state index contributed by atoms with van der Waals surface area (Å²) in [6.07, 6.45) is 1.35. The van der Waals surface area contributed by atoms with Gasteiger partial charge < -0.3 is 5.32 Å². The summed E-state index contributed by atoms with van der Waals surface area (Å²) in [5.41, 5.74) is 2.18. The summed E-state index contributed by atoms with van der Waals surface area (Å²) in [6.45, 7) is 2.62. The number of benzene rings is 2. The second kappa shape index (κ2) is 8.30. The molecule has 1 amide bonds. The maximum atomic E-state index is 12.4. The van der Waals surface area contributed by atoms with E-state index in [1.807, 2.05) is 37.3 Å². The van der Waals surface area contributed by atoms with Crippen molar-refractivity contribution in [3.63, 3.8) is 0 Å². The number of amides is 1. The van der Waals surface area contributed by atoms with Crippen LogP contribution in [0.4, 0.5) is 5.69 Å². The zero-order valence-corrected chi connectivity index (χ0v) is 16.4. The summed E-state index contributed by atoms with van der Waals surface area (Å²) in [6, 6.07) is 12.6. The molecule has 136 valence electrons. The topological polar surface area (TPSA) is 44.7 Å². The quantitative estimate of drug-likeness (QED) is 0.709. The normalized spacial score (nSPS) is 16.5. The van der Waals surface area contributed by atoms with Crippen molar-refractivity contribution in [3.05, 3.63) is 63.1 Å². The highest BCUT2D eigenvalue weighted by molar-refractivity contribution is 6.40. The SMILES string of the molecule is CCCNC(=O)C1=NN(c2ccc(Cl)cc2Cl)C(c2ccc(Cl)cc2)C1. The lowest BCUT2D eigenvalue weighted by Gasteiger charge is -2.25. The molecule has 0 fully saturated rings. The fraction of sp³-hybridized carbons (Fsp3) is 0.263. The molecule has 1 heterocycles. The second-order valence-corrected chi connectivity index (χ2v) is 7.29. The van der Waals surface area contributed by atoms with Gasteiger partial charge in [0.15, 0.2) is 0 Å². The average Bonchev–Trinajstić information content (AvgIpc) is 3.05. The van der Waals surface area contributed by atoms with Crippen LogP contribution in [0.25, 0.3) is 0 Å². The van der Waals surface area contributed by atoms with Gasteiger partial charge in [-0.1, -0.05) is 53.9 Å².